The number of benzene rings is 4. The topological polar surface area (TPSA) is 36.1 Å². The third kappa shape index (κ3) is 10.7. The standard InChI is InChI=1S/C14H15N.2C13H20N.Zr/c1-3-7-13(8-4-1)11-15-12-14-9-5-2-6-10-14;2*1-8(2)14-13-7-9(3)10(4)11(5)12(13)6;/h1-10,15H,11-12H2;2*7-8,14H,1H2,2-6H3;. The largest absolute Gasteiger partial charge is 0.309 e. The Bertz CT molecular complexity index is 1350. The summed E-state index contributed by atoms with van der Waals surface area (Å²) in [6.07, 6.45) is 0. The number of nitrogens with one attached hydrogen (secondary N) is 3. The van der Waals surface area contributed by atoms with Crippen LogP contribution in [0.4, 0.5) is 11.4 Å². The molecule has 0 aromatic heterocycles. The Morgan fingerprint density at radius 2 is 0.864 bits per heavy atom. The fourth-order valence-corrected chi connectivity index (χ4v) is 8.46. The van der Waals surface area contributed by atoms with Crippen molar-refractivity contribution in [2.24, 2.45) is 0 Å². The molecule has 234 valence electrons. The Hall–Kier alpha value is -2.68. The molecule has 2 unspecified atom stereocenters. The minimum Gasteiger partial charge on any atom is -0.309 e. The van der Waals surface area contributed by atoms with Gasteiger partial charge in [0.05, 0.1) is 0 Å². The summed E-state index contributed by atoms with van der Waals surface area (Å²) in [5.74, 6) is 0. The third-order valence-corrected chi connectivity index (χ3v) is 13.4. The van der Waals surface area contributed by atoms with Crippen molar-refractivity contribution >= 4 is 11.4 Å². The van der Waals surface area contributed by atoms with Crippen LogP contribution in [0.5, 0.6) is 0 Å². The van der Waals surface area contributed by atoms with E-state index in [1.54, 1.807) is 0 Å². The molecule has 4 aromatic carbocycles. The van der Waals surface area contributed by atoms with Gasteiger partial charge in [-0.1, -0.05) is 60.7 Å². The zero-order valence-electron chi connectivity index (χ0n) is 28.9. The zero-order valence-corrected chi connectivity index (χ0v) is 31.4. The van der Waals surface area contributed by atoms with Crippen molar-refractivity contribution in [2.45, 2.75) is 103 Å². The summed E-state index contributed by atoms with van der Waals surface area (Å²) in [7, 11) is 0. The van der Waals surface area contributed by atoms with E-state index in [2.05, 4.69) is 146 Å². The van der Waals surface area contributed by atoms with Gasteiger partial charge in [-0.05, 0) is 11.1 Å². The first-order valence-corrected chi connectivity index (χ1v) is 19.6. The average molecular weight is 669 g/mol. The van der Waals surface area contributed by atoms with Crippen molar-refractivity contribution in [3.63, 3.8) is 0 Å². The van der Waals surface area contributed by atoms with Gasteiger partial charge in [0.15, 0.2) is 0 Å². The molecule has 0 saturated heterocycles. The molecule has 0 fully saturated rings. The molecule has 4 aromatic rings. The van der Waals surface area contributed by atoms with E-state index in [0.29, 0.717) is 12.1 Å². The summed E-state index contributed by atoms with van der Waals surface area (Å²) in [5, 5.41) is 11.0. The van der Waals surface area contributed by atoms with Crippen LogP contribution >= 0.6 is 0 Å². The molecule has 0 radical (unpaired) electrons. The predicted octanol–water partition coefficient (Wildman–Crippen LogP) is 10.4. The summed E-state index contributed by atoms with van der Waals surface area (Å²) in [4.78, 5) is 0. The van der Waals surface area contributed by atoms with Crippen LogP contribution in [0.3, 0.4) is 0 Å². The van der Waals surface area contributed by atoms with Gasteiger partial charge in [-0.2, -0.15) is 0 Å². The number of anilines is 2. The van der Waals surface area contributed by atoms with Crippen LogP contribution in [0.1, 0.15) is 69.5 Å². The van der Waals surface area contributed by atoms with Crippen molar-refractivity contribution in [1.29, 1.82) is 0 Å². The predicted molar refractivity (Wildman–Crippen MR) is 190 cm³/mol. The van der Waals surface area contributed by atoms with Gasteiger partial charge in [-0.25, -0.2) is 0 Å². The average Bonchev–Trinajstić information content (AvgIpc) is 3.01. The van der Waals surface area contributed by atoms with Gasteiger partial charge in [0, 0.05) is 13.1 Å². The molecule has 2 atom stereocenters. The monoisotopic (exact) mass is 667 g/mol. The summed E-state index contributed by atoms with van der Waals surface area (Å²) in [6, 6.07) is 26.7. The molecule has 0 heterocycles. The van der Waals surface area contributed by atoms with E-state index in [1.165, 1.54) is 75.3 Å². The minimum absolute atomic E-state index is 0.419. The molecule has 44 heavy (non-hydrogen) atoms. The first-order valence-electron chi connectivity index (χ1n) is 16.1. The van der Waals surface area contributed by atoms with E-state index in [-0.39, 0.29) is 0 Å². The fraction of sp³-hybridized carbons (Fsp3) is 0.400. The second kappa shape index (κ2) is 17.7. The number of aryl methyl sites for hydroxylation is 2. The molecule has 4 heteroatoms. The Kier molecular flexibility index (Phi) is 14.4. The van der Waals surface area contributed by atoms with Crippen LogP contribution in [-0.4, -0.2) is 12.1 Å². The van der Waals surface area contributed by atoms with Gasteiger partial charge < -0.3 is 5.32 Å². The van der Waals surface area contributed by atoms with Crippen LogP contribution in [0.15, 0.2) is 72.8 Å². The second-order valence-electron chi connectivity index (χ2n) is 12.6. The van der Waals surface area contributed by atoms with Gasteiger partial charge >= 0.3 is 191 Å². The van der Waals surface area contributed by atoms with E-state index in [4.69, 9.17) is 0 Å². The van der Waals surface area contributed by atoms with Crippen LogP contribution in [0, 0.1) is 55.4 Å². The van der Waals surface area contributed by atoms with Gasteiger partial charge in [0.25, 0.3) is 0 Å². The SMILES string of the molecule is Cc1cc(NC(C)[CH2][Zr][CH2]C(C)Nc2cc(C)c(C)c(C)c2C)c(C)c(C)c1C.c1ccc(CNCc2ccccc2)cc1. The van der Waals surface area contributed by atoms with Crippen molar-refractivity contribution in [3.8, 4) is 0 Å². The molecule has 0 aliphatic carbocycles. The zero-order chi connectivity index (χ0) is 32.2. The van der Waals surface area contributed by atoms with E-state index < -0.39 is 23.2 Å². The molecule has 0 aliphatic rings. The van der Waals surface area contributed by atoms with Crippen LogP contribution in [0.2, 0.25) is 8.26 Å². The molecule has 0 amide bonds. The Balaban J connectivity index is 0.000000293. The van der Waals surface area contributed by atoms with Gasteiger partial charge in [-0.15, -0.1) is 0 Å². The molecule has 0 spiro atoms. The number of hydrogen-bond acceptors (Lipinski definition) is 3. The van der Waals surface area contributed by atoms with Crippen LogP contribution in [-0.2, 0) is 36.3 Å². The summed E-state index contributed by atoms with van der Waals surface area (Å²) in [6.45, 7) is 24.4. The molecular formula is C40H55N3Zr. The van der Waals surface area contributed by atoms with Crippen LogP contribution < -0.4 is 16.0 Å². The smallest absolute Gasteiger partial charge is 0.0208 e. The molecule has 3 N–H and O–H groups in total. The molecule has 0 bridgehead atoms. The van der Waals surface area contributed by atoms with Crippen molar-refractivity contribution in [3.05, 3.63) is 128 Å². The molecule has 3 nitrogen and oxygen atoms in total. The van der Waals surface area contributed by atoms with E-state index in [1.807, 2.05) is 12.1 Å². The number of rotatable bonds is 12. The van der Waals surface area contributed by atoms with Gasteiger partial charge in [-0.3, -0.25) is 0 Å². The third-order valence-electron chi connectivity index (χ3n) is 9.01. The molecule has 0 saturated carbocycles. The quantitative estimate of drug-likeness (QED) is 0.141. The van der Waals surface area contributed by atoms with Gasteiger partial charge in [0.1, 0.15) is 0 Å². The van der Waals surface area contributed by atoms with E-state index in [0.717, 1.165) is 13.1 Å². The van der Waals surface area contributed by atoms with Crippen molar-refractivity contribution in [1.82, 2.24) is 5.32 Å². The molecular weight excluding hydrogens is 614 g/mol. The Labute approximate surface area is 280 Å². The normalized spacial score (nSPS) is 12.1. The summed E-state index contributed by atoms with van der Waals surface area (Å²) >= 11 is -0.419. The van der Waals surface area contributed by atoms with Gasteiger partial charge in [0.2, 0.25) is 0 Å². The maximum absolute atomic E-state index is 3.79. The maximum atomic E-state index is 3.79. The minimum atomic E-state index is -0.419. The molecule has 0 aliphatic heterocycles. The van der Waals surface area contributed by atoms with Crippen molar-refractivity contribution in [2.75, 3.05) is 10.6 Å². The van der Waals surface area contributed by atoms with Crippen molar-refractivity contribution < 1.29 is 23.2 Å². The van der Waals surface area contributed by atoms with E-state index in [9.17, 15) is 0 Å². The first kappa shape index (κ1) is 35.8. The number of hydrogen-bond donors (Lipinski definition) is 3. The Morgan fingerprint density at radius 1 is 0.500 bits per heavy atom. The first-order chi connectivity index (χ1) is 21.0. The summed E-state index contributed by atoms with van der Waals surface area (Å²) in [5.41, 5.74) is 16.6. The van der Waals surface area contributed by atoms with E-state index >= 15 is 0 Å². The molecule has 4 rings (SSSR count). The second-order valence-corrected chi connectivity index (χ2v) is 15.8. The summed E-state index contributed by atoms with van der Waals surface area (Å²) < 4.78 is 2.71. The Morgan fingerprint density at radius 3 is 1.23 bits per heavy atom. The maximum Gasteiger partial charge on any atom is 0.0208 e. The van der Waals surface area contributed by atoms with Crippen LogP contribution in [0.25, 0.3) is 0 Å². The fourth-order valence-electron chi connectivity index (χ4n) is 5.42.